The molecule has 116 valence electrons. The molecular weight excluding hydrogens is 313 g/mol. The van der Waals surface area contributed by atoms with Gasteiger partial charge in [-0.2, -0.15) is 0 Å². The largest absolute Gasteiger partial charge is 0.530 e. The van der Waals surface area contributed by atoms with Crippen LogP contribution < -0.4 is 4.52 Å². The zero-order valence-corrected chi connectivity index (χ0v) is 12.2. The second kappa shape index (κ2) is 5.92. The van der Waals surface area contributed by atoms with Gasteiger partial charge >= 0.3 is 7.82 Å². The Morgan fingerprint density at radius 1 is 1.27 bits per heavy atom. The number of phosphoric ester groups is 1. The number of hydrogen-bond acceptors (Lipinski definition) is 7. The van der Waals surface area contributed by atoms with Crippen LogP contribution in [0.1, 0.15) is 18.1 Å². The quantitative estimate of drug-likeness (QED) is 0.478. The highest BCUT2D eigenvalue weighted by molar-refractivity contribution is 7.49. The van der Waals surface area contributed by atoms with Gasteiger partial charge < -0.3 is 8.94 Å². The van der Waals surface area contributed by atoms with Gasteiger partial charge in [-0.05, 0) is 18.2 Å². The predicted molar refractivity (Wildman–Crippen MR) is 74.4 cm³/mol. The third-order valence-corrected chi connectivity index (χ3v) is 4.51. The van der Waals surface area contributed by atoms with Crippen LogP contribution in [0.2, 0.25) is 0 Å². The molecule has 0 bridgehead atoms. The third kappa shape index (κ3) is 3.19. The van der Waals surface area contributed by atoms with E-state index in [1.807, 2.05) is 0 Å². The summed E-state index contributed by atoms with van der Waals surface area (Å²) in [6, 6.07) is 6.89. The molecular formula is C13H12NO7P. The van der Waals surface area contributed by atoms with Crippen molar-refractivity contribution in [3.8, 4) is 5.75 Å². The fraction of sp³-hybridized carbons (Fsp3) is 0.231. The molecule has 1 aliphatic rings. The summed E-state index contributed by atoms with van der Waals surface area (Å²) in [4.78, 5) is 10.1. The number of non-ortho nitro benzene ring substituents is 1. The summed E-state index contributed by atoms with van der Waals surface area (Å²) in [6.07, 6.45) is 3.08. The minimum absolute atomic E-state index is 0.0904. The minimum atomic E-state index is -3.78. The van der Waals surface area contributed by atoms with E-state index in [1.165, 1.54) is 36.8 Å². The van der Waals surface area contributed by atoms with Crippen molar-refractivity contribution in [2.75, 3.05) is 6.61 Å². The number of furan rings is 1. The lowest BCUT2D eigenvalue weighted by molar-refractivity contribution is -0.384. The van der Waals surface area contributed by atoms with Gasteiger partial charge in [-0.25, -0.2) is 4.57 Å². The maximum Gasteiger partial charge on any atom is 0.530 e. The summed E-state index contributed by atoms with van der Waals surface area (Å²) in [5, 5.41) is 10.6. The van der Waals surface area contributed by atoms with Crippen molar-refractivity contribution in [3.63, 3.8) is 0 Å². The van der Waals surface area contributed by atoms with Crippen molar-refractivity contribution >= 4 is 13.5 Å². The number of hydrogen-bond donors (Lipinski definition) is 0. The fourth-order valence-electron chi connectivity index (χ4n) is 2.00. The molecule has 0 radical (unpaired) electrons. The van der Waals surface area contributed by atoms with Gasteiger partial charge in [0.25, 0.3) is 5.69 Å². The number of phosphoric acid groups is 1. The van der Waals surface area contributed by atoms with Crippen molar-refractivity contribution in [2.24, 2.45) is 0 Å². The Kier molecular flexibility index (Phi) is 3.98. The molecule has 1 aromatic carbocycles. The van der Waals surface area contributed by atoms with Crippen LogP contribution in [-0.4, -0.2) is 11.5 Å². The van der Waals surface area contributed by atoms with Crippen molar-refractivity contribution < 1.29 is 27.5 Å². The Labute approximate surface area is 125 Å². The first kappa shape index (κ1) is 14.8. The van der Waals surface area contributed by atoms with Crippen LogP contribution in [0.4, 0.5) is 5.69 Å². The first-order valence-corrected chi connectivity index (χ1v) is 7.91. The first-order valence-electron chi connectivity index (χ1n) is 6.45. The highest BCUT2D eigenvalue weighted by Crippen LogP contribution is 2.56. The predicted octanol–water partition coefficient (Wildman–Crippen LogP) is 3.85. The number of nitro benzene ring substituents is 1. The van der Waals surface area contributed by atoms with Gasteiger partial charge in [0.2, 0.25) is 0 Å². The minimum Gasteiger partial charge on any atom is -0.472 e. The molecule has 1 aromatic heterocycles. The van der Waals surface area contributed by atoms with E-state index in [4.69, 9.17) is 18.0 Å². The number of nitrogens with zero attached hydrogens (tertiary/aromatic N) is 1. The summed E-state index contributed by atoms with van der Waals surface area (Å²) < 4.78 is 33.3. The van der Waals surface area contributed by atoms with Crippen molar-refractivity contribution in [3.05, 3.63) is 58.5 Å². The van der Waals surface area contributed by atoms with E-state index in [2.05, 4.69) is 0 Å². The molecule has 9 heteroatoms. The second-order valence-corrected chi connectivity index (χ2v) is 6.11. The van der Waals surface area contributed by atoms with Gasteiger partial charge in [0, 0.05) is 24.1 Å². The van der Waals surface area contributed by atoms with Crippen LogP contribution in [0.3, 0.4) is 0 Å². The molecule has 1 aliphatic heterocycles. The monoisotopic (exact) mass is 325 g/mol. The molecule has 0 N–H and O–H groups in total. The van der Waals surface area contributed by atoms with Crippen molar-refractivity contribution in [1.29, 1.82) is 0 Å². The second-order valence-electron chi connectivity index (χ2n) is 4.56. The summed E-state index contributed by atoms with van der Waals surface area (Å²) in [7, 11) is -3.78. The summed E-state index contributed by atoms with van der Waals surface area (Å²) >= 11 is 0. The number of rotatable bonds is 4. The van der Waals surface area contributed by atoms with Gasteiger partial charge in [0.05, 0.1) is 24.1 Å². The Morgan fingerprint density at radius 2 is 2.05 bits per heavy atom. The Balaban J connectivity index is 1.73. The maximum absolute atomic E-state index is 12.5. The highest BCUT2D eigenvalue weighted by atomic mass is 31.2. The maximum atomic E-state index is 12.5. The Bertz CT molecular complexity index is 698. The molecule has 1 fully saturated rings. The molecule has 0 aliphatic carbocycles. The van der Waals surface area contributed by atoms with Gasteiger partial charge in [-0.3, -0.25) is 19.2 Å². The SMILES string of the molecule is O=[N+]([O-])c1ccc(OP2(=O)OCCC(c3ccoc3)O2)cc1. The van der Waals surface area contributed by atoms with Crippen LogP contribution in [0.25, 0.3) is 0 Å². The van der Waals surface area contributed by atoms with Crippen molar-refractivity contribution in [2.45, 2.75) is 12.5 Å². The standard InChI is InChI=1S/C13H12NO7P/c15-14(16)11-1-3-12(4-2-11)20-22(17)19-8-6-13(21-22)10-5-7-18-9-10/h1-5,7,9,13H,6,8H2. The number of benzene rings is 1. The van der Waals surface area contributed by atoms with E-state index in [-0.39, 0.29) is 18.0 Å². The lowest BCUT2D eigenvalue weighted by Gasteiger charge is -2.28. The first-order chi connectivity index (χ1) is 10.6. The van der Waals surface area contributed by atoms with Crippen LogP contribution >= 0.6 is 7.82 Å². The summed E-state index contributed by atoms with van der Waals surface area (Å²) in [6.45, 7) is 0.208. The lowest BCUT2D eigenvalue weighted by atomic mass is 10.1. The zero-order chi connectivity index (χ0) is 15.6. The molecule has 3 rings (SSSR count). The van der Waals surface area contributed by atoms with Crippen LogP contribution in [0.5, 0.6) is 5.75 Å². The van der Waals surface area contributed by atoms with Gasteiger partial charge in [0.15, 0.2) is 0 Å². The molecule has 2 aromatic rings. The Morgan fingerprint density at radius 3 is 2.68 bits per heavy atom. The average molecular weight is 325 g/mol. The Hall–Kier alpha value is -2.15. The average Bonchev–Trinajstić information content (AvgIpc) is 3.01. The number of nitro groups is 1. The molecule has 1 saturated heterocycles. The third-order valence-electron chi connectivity index (χ3n) is 3.07. The molecule has 22 heavy (non-hydrogen) atoms. The topological polar surface area (TPSA) is 101 Å². The molecule has 0 amide bonds. The van der Waals surface area contributed by atoms with E-state index >= 15 is 0 Å². The lowest BCUT2D eigenvalue weighted by Crippen LogP contribution is -2.16. The van der Waals surface area contributed by atoms with E-state index in [0.717, 1.165) is 5.56 Å². The van der Waals surface area contributed by atoms with Crippen LogP contribution in [0.15, 0.2) is 47.3 Å². The molecule has 2 atom stereocenters. The normalized spacial score (nSPS) is 24.8. The van der Waals surface area contributed by atoms with Crippen molar-refractivity contribution in [1.82, 2.24) is 0 Å². The fourth-order valence-corrected chi connectivity index (χ4v) is 3.41. The highest BCUT2D eigenvalue weighted by Gasteiger charge is 2.38. The summed E-state index contributed by atoms with van der Waals surface area (Å²) in [5.41, 5.74) is 0.656. The smallest absolute Gasteiger partial charge is 0.472 e. The molecule has 0 saturated carbocycles. The van der Waals surface area contributed by atoms with E-state index < -0.39 is 18.8 Å². The zero-order valence-electron chi connectivity index (χ0n) is 11.3. The van der Waals surface area contributed by atoms with E-state index in [1.54, 1.807) is 6.07 Å². The van der Waals surface area contributed by atoms with Gasteiger partial charge in [0.1, 0.15) is 11.9 Å². The van der Waals surface area contributed by atoms with Crippen LogP contribution in [0, 0.1) is 10.1 Å². The van der Waals surface area contributed by atoms with Crippen LogP contribution in [-0.2, 0) is 13.6 Å². The molecule has 2 unspecified atom stereocenters. The van der Waals surface area contributed by atoms with Gasteiger partial charge in [-0.1, -0.05) is 0 Å². The van der Waals surface area contributed by atoms with E-state index in [0.29, 0.717) is 6.42 Å². The molecule has 2 heterocycles. The molecule has 8 nitrogen and oxygen atoms in total. The van der Waals surface area contributed by atoms with Gasteiger partial charge in [-0.15, -0.1) is 0 Å². The summed E-state index contributed by atoms with van der Waals surface area (Å²) in [5.74, 6) is 0.168. The van der Waals surface area contributed by atoms with E-state index in [9.17, 15) is 14.7 Å². The molecule has 0 spiro atoms.